The first-order chi connectivity index (χ1) is 12.2. The number of nitrogens with one attached hydrogen (secondary N) is 2. The number of hydrogen-bond acceptors (Lipinski definition) is 5. The molecule has 2 amide bonds. The number of para-hydroxylation sites is 1. The van der Waals surface area contributed by atoms with Gasteiger partial charge in [-0.05, 0) is 30.5 Å². The highest BCUT2D eigenvalue weighted by atomic mass is 32.1. The highest BCUT2D eigenvalue weighted by Gasteiger charge is 2.11. The molecule has 0 fully saturated rings. The van der Waals surface area contributed by atoms with Crippen molar-refractivity contribution in [2.75, 3.05) is 13.2 Å². The fourth-order valence-corrected chi connectivity index (χ4v) is 3.97. The molecule has 0 aliphatic rings. The van der Waals surface area contributed by atoms with E-state index in [1.807, 2.05) is 48.7 Å². The molecule has 7 heteroatoms. The summed E-state index contributed by atoms with van der Waals surface area (Å²) in [7, 11) is 0. The number of amides is 2. The number of benzene rings is 1. The van der Waals surface area contributed by atoms with Crippen molar-refractivity contribution in [3.8, 4) is 15.6 Å². The van der Waals surface area contributed by atoms with E-state index < -0.39 is 0 Å². The van der Waals surface area contributed by atoms with Crippen LogP contribution in [0.25, 0.3) is 9.88 Å². The Hall–Kier alpha value is -2.38. The lowest BCUT2D eigenvalue weighted by molar-refractivity contribution is 0.236. The van der Waals surface area contributed by atoms with Gasteiger partial charge in [0.1, 0.15) is 17.4 Å². The quantitative estimate of drug-likeness (QED) is 0.614. The summed E-state index contributed by atoms with van der Waals surface area (Å²) in [6.45, 7) is 3.32. The van der Waals surface area contributed by atoms with Crippen molar-refractivity contribution >= 4 is 28.7 Å². The molecule has 0 saturated heterocycles. The van der Waals surface area contributed by atoms with Crippen LogP contribution in [0.5, 0.6) is 5.75 Å². The second kappa shape index (κ2) is 8.64. The van der Waals surface area contributed by atoms with Crippen LogP contribution in [0.15, 0.2) is 47.8 Å². The first kappa shape index (κ1) is 17.4. The van der Waals surface area contributed by atoms with Crippen LogP contribution in [0, 0.1) is 6.92 Å². The smallest absolute Gasteiger partial charge is 0.315 e. The summed E-state index contributed by atoms with van der Waals surface area (Å²) in [5.41, 5.74) is 0.959. The van der Waals surface area contributed by atoms with Gasteiger partial charge in [0, 0.05) is 4.88 Å². The number of nitrogens with zero attached hydrogens (tertiary/aromatic N) is 1. The van der Waals surface area contributed by atoms with E-state index in [4.69, 9.17) is 4.74 Å². The van der Waals surface area contributed by atoms with Gasteiger partial charge in [-0.1, -0.05) is 24.3 Å². The molecule has 130 valence electrons. The predicted molar refractivity (Wildman–Crippen MR) is 102 cm³/mol. The summed E-state index contributed by atoms with van der Waals surface area (Å²) in [5.74, 6) is 0.797. The van der Waals surface area contributed by atoms with Gasteiger partial charge in [0.15, 0.2) is 0 Å². The Bertz CT molecular complexity index is 801. The monoisotopic (exact) mass is 373 g/mol. The highest BCUT2D eigenvalue weighted by Crippen LogP contribution is 2.30. The van der Waals surface area contributed by atoms with E-state index in [9.17, 15) is 4.79 Å². The van der Waals surface area contributed by atoms with Crippen LogP contribution in [0.2, 0.25) is 0 Å². The molecule has 0 bridgehead atoms. The maximum Gasteiger partial charge on any atom is 0.315 e. The molecule has 2 N–H and O–H groups in total. The topological polar surface area (TPSA) is 63.2 Å². The van der Waals surface area contributed by atoms with E-state index in [-0.39, 0.29) is 6.03 Å². The number of carbonyl (C=O) groups excluding carboxylic acids is 1. The summed E-state index contributed by atoms with van der Waals surface area (Å²) < 4.78 is 5.53. The molecule has 2 aromatic heterocycles. The summed E-state index contributed by atoms with van der Waals surface area (Å²) in [4.78, 5) is 18.7. The van der Waals surface area contributed by atoms with Crippen molar-refractivity contribution in [3.05, 3.63) is 58.4 Å². The van der Waals surface area contributed by atoms with Crippen LogP contribution < -0.4 is 15.4 Å². The van der Waals surface area contributed by atoms with Crippen LogP contribution >= 0.6 is 22.7 Å². The van der Waals surface area contributed by atoms with Gasteiger partial charge in [-0.2, -0.15) is 0 Å². The van der Waals surface area contributed by atoms with Crippen LogP contribution in [-0.2, 0) is 6.54 Å². The highest BCUT2D eigenvalue weighted by molar-refractivity contribution is 7.21. The number of aryl methyl sites for hydroxylation is 1. The Morgan fingerprint density at radius 1 is 1.16 bits per heavy atom. The first-order valence-electron chi connectivity index (χ1n) is 7.92. The molecule has 1 aromatic carbocycles. The number of hydrogen-bond donors (Lipinski definition) is 2. The van der Waals surface area contributed by atoms with E-state index in [1.165, 1.54) is 0 Å². The van der Waals surface area contributed by atoms with E-state index in [2.05, 4.69) is 21.7 Å². The lowest BCUT2D eigenvalue weighted by atomic mass is 10.3. The van der Waals surface area contributed by atoms with Crippen LogP contribution in [0.3, 0.4) is 0 Å². The fourth-order valence-electron chi connectivity index (χ4n) is 2.17. The Morgan fingerprint density at radius 3 is 2.76 bits per heavy atom. The molecule has 5 nitrogen and oxygen atoms in total. The van der Waals surface area contributed by atoms with Crippen molar-refractivity contribution in [2.45, 2.75) is 13.5 Å². The van der Waals surface area contributed by atoms with E-state index in [0.29, 0.717) is 19.7 Å². The molecule has 2 heterocycles. The molecule has 3 rings (SSSR count). The molecule has 0 atom stereocenters. The van der Waals surface area contributed by atoms with Gasteiger partial charge in [0.25, 0.3) is 0 Å². The number of carbonyl (C=O) groups is 1. The molecular formula is C18H19N3O2S2. The third-order valence-corrected chi connectivity index (χ3v) is 5.63. The van der Waals surface area contributed by atoms with Crippen molar-refractivity contribution in [2.24, 2.45) is 0 Å². The third kappa shape index (κ3) is 5.04. The van der Waals surface area contributed by atoms with Gasteiger partial charge in [-0.25, -0.2) is 9.78 Å². The van der Waals surface area contributed by atoms with E-state index >= 15 is 0 Å². The van der Waals surface area contributed by atoms with Crippen LogP contribution in [0.4, 0.5) is 4.79 Å². The van der Waals surface area contributed by atoms with E-state index in [0.717, 1.165) is 26.2 Å². The zero-order chi connectivity index (χ0) is 17.5. The van der Waals surface area contributed by atoms with E-state index in [1.54, 1.807) is 22.7 Å². The molecule has 0 radical (unpaired) electrons. The second-order valence-electron chi connectivity index (χ2n) is 5.28. The van der Waals surface area contributed by atoms with Crippen LogP contribution in [-0.4, -0.2) is 24.2 Å². The molecule has 0 unspecified atom stereocenters. The van der Waals surface area contributed by atoms with Crippen molar-refractivity contribution in [3.63, 3.8) is 0 Å². The van der Waals surface area contributed by atoms with Crippen molar-refractivity contribution in [1.29, 1.82) is 0 Å². The molecule has 0 saturated carbocycles. The Balaban J connectivity index is 1.40. The van der Waals surface area contributed by atoms with Gasteiger partial charge in [0.2, 0.25) is 0 Å². The maximum atomic E-state index is 11.9. The Labute approximate surface area is 154 Å². The zero-order valence-corrected chi connectivity index (χ0v) is 15.5. The maximum absolute atomic E-state index is 11.9. The number of thiazole rings is 1. The van der Waals surface area contributed by atoms with Crippen LogP contribution in [0.1, 0.15) is 10.6 Å². The first-order valence-corrected chi connectivity index (χ1v) is 9.62. The normalized spacial score (nSPS) is 10.4. The average molecular weight is 374 g/mol. The Kier molecular flexibility index (Phi) is 6.03. The predicted octanol–water partition coefficient (Wildman–Crippen LogP) is 4.06. The lowest BCUT2D eigenvalue weighted by Gasteiger charge is -2.08. The molecule has 0 aliphatic carbocycles. The van der Waals surface area contributed by atoms with Gasteiger partial charge in [-0.3, -0.25) is 0 Å². The average Bonchev–Trinajstić information content (AvgIpc) is 3.27. The van der Waals surface area contributed by atoms with Gasteiger partial charge >= 0.3 is 6.03 Å². The molecule has 0 aliphatic heterocycles. The number of rotatable bonds is 7. The standard InChI is InChI=1S/C18H19N3O2S2/c1-13-16(25-17(21-13)15-8-5-11-24-15)12-20-18(22)19-9-10-23-14-6-3-2-4-7-14/h2-8,11H,9-10,12H2,1H3,(H2,19,20,22). The molecular weight excluding hydrogens is 354 g/mol. The Morgan fingerprint density at radius 2 is 2.00 bits per heavy atom. The van der Waals surface area contributed by atoms with Crippen molar-refractivity contribution < 1.29 is 9.53 Å². The zero-order valence-electron chi connectivity index (χ0n) is 13.8. The van der Waals surface area contributed by atoms with Crippen molar-refractivity contribution in [1.82, 2.24) is 15.6 Å². The largest absolute Gasteiger partial charge is 0.492 e. The number of thiophene rings is 1. The van der Waals surface area contributed by atoms with Gasteiger partial charge in [-0.15, -0.1) is 22.7 Å². The lowest BCUT2D eigenvalue weighted by Crippen LogP contribution is -2.37. The SMILES string of the molecule is Cc1nc(-c2cccs2)sc1CNC(=O)NCCOc1ccccc1. The summed E-state index contributed by atoms with van der Waals surface area (Å²) in [5, 5.41) is 8.69. The second-order valence-corrected chi connectivity index (χ2v) is 7.31. The number of urea groups is 1. The minimum Gasteiger partial charge on any atom is -0.492 e. The minimum absolute atomic E-state index is 0.206. The fraction of sp³-hybridized carbons (Fsp3) is 0.222. The third-order valence-electron chi connectivity index (χ3n) is 3.43. The summed E-state index contributed by atoms with van der Waals surface area (Å²) >= 11 is 3.29. The summed E-state index contributed by atoms with van der Waals surface area (Å²) in [6.07, 6.45) is 0. The van der Waals surface area contributed by atoms with Gasteiger partial charge in [0.05, 0.1) is 23.7 Å². The number of aromatic nitrogens is 1. The number of ether oxygens (including phenoxy) is 1. The molecule has 0 spiro atoms. The van der Waals surface area contributed by atoms with Gasteiger partial charge < -0.3 is 15.4 Å². The summed E-state index contributed by atoms with van der Waals surface area (Å²) in [6, 6.07) is 13.4. The molecule has 25 heavy (non-hydrogen) atoms. The molecule has 3 aromatic rings. The minimum atomic E-state index is -0.206.